The van der Waals surface area contributed by atoms with Crippen molar-refractivity contribution in [2.45, 2.75) is 19.9 Å². The Kier molecular flexibility index (Phi) is 6.34. The molecule has 0 heterocycles. The maximum Gasteiger partial charge on any atom is 0.119 e. The van der Waals surface area contributed by atoms with E-state index in [9.17, 15) is 0 Å². The second kappa shape index (κ2) is 7.54. The highest BCUT2D eigenvalue weighted by Gasteiger charge is 2.08. The molecule has 0 saturated carbocycles. The molecule has 0 radical (unpaired) electrons. The minimum Gasteiger partial charge on any atom is -0.492 e. The van der Waals surface area contributed by atoms with E-state index in [-0.39, 0.29) is 6.04 Å². The Bertz CT molecular complexity index is 338. The van der Waals surface area contributed by atoms with Gasteiger partial charge in [0.25, 0.3) is 0 Å². The second-order valence-corrected chi connectivity index (χ2v) is 4.34. The van der Waals surface area contributed by atoms with Gasteiger partial charge in [0.15, 0.2) is 0 Å². The summed E-state index contributed by atoms with van der Waals surface area (Å²) in [6, 6.07) is 5.88. The van der Waals surface area contributed by atoms with Crippen LogP contribution in [0.3, 0.4) is 0 Å². The van der Waals surface area contributed by atoms with E-state index in [0.717, 1.165) is 22.9 Å². The largest absolute Gasteiger partial charge is 0.492 e. The van der Waals surface area contributed by atoms with Crippen LogP contribution in [0.15, 0.2) is 18.2 Å². The van der Waals surface area contributed by atoms with E-state index in [1.165, 1.54) is 0 Å². The number of nitrogens with one attached hydrogen (secondary N) is 1. The lowest BCUT2D eigenvalue weighted by Gasteiger charge is -2.17. The van der Waals surface area contributed by atoms with Gasteiger partial charge in [-0.2, -0.15) is 0 Å². The Hall–Kier alpha value is -0.770. The lowest BCUT2D eigenvalue weighted by atomic mass is 10.2. The summed E-state index contributed by atoms with van der Waals surface area (Å²) >= 11 is 5.95. The van der Waals surface area contributed by atoms with E-state index in [0.29, 0.717) is 13.2 Å². The van der Waals surface area contributed by atoms with Gasteiger partial charge in [0.1, 0.15) is 12.4 Å². The van der Waals surface area contributed by atoms with Crippen molar-refractivity contribution in [3.63, 3.8) is 0 Å². The van der Waals surface area contributed by atoms with Gasteiger partial charge in [0, 0.05) is 12.1 Å². The normalized spacial score (nSPS) is 12.5. The SMILES string of the molecule is CCNC(COC)COc1ccc(Cl)c(C)c1. The Morgan fingerprint density at radius 2 is 2.12 bits per heavy atom. The lowest BCUT2D eigenvalue weighted by molar-refractivity contribution is 0.137. The number of halogens is 1. The maximum absolute atomic E-state index is 5.95. The average Bonchev–Trinajstić information content (AvgIpc) is 2.31. The first-order valence-electron chi connectivity index (χ1n) is 5.78. The predicted molar refractivity (Wildman–Crippen MR) is 71.0 cm³/mol. The minimum atomic E-state index is 0.209. The van der Waals surface area contributed by atoms with E-state index in [1.54, 1.807) is 7.11 Å². The van der Waals surface area contributed by atoms with Crippen molar-refractivity contribution in [2.24, 2.45) is 0 Å². The van der Waals surface area contributed by atoms with Crippen molar-refractivity contribution in [2.75, 3.05) is 26.9 Å². The fourth-order valence-electron chi connectivity index (χ4n) is 1.56. The highest BCUT2D eigenvalue weighted by Crippen LogP contribution is 2.21. The number of aryl methyl sites for hydroxylation is 1. The van der Waals surface area contributed by atoms with E-state index in [1.807, 2.05) is 25.1 Å². The maximum atomic E-state index is 5.95. The van der Waals surface area contributed by atoms with E-state index >= 15 is 0 Å². The molecule has 0 aromatic heterocycles. The molecular weight excluding hydrogens is 238 g/mol. The summed E-state index contributed by atoms with van der Waals surface area (Å²) < 4.78 is 10.8. The van der Waals surface area contributed by atoms with Crippen LogP contribution in [-0.4, -0.2) is 32.9 Å². The molecular formula is C13H20ClNO2. The Morgan fingerprint density at radius 3 is 2.71 bits per heavy atom. The molecule has 1 N–H and O–H groups in total. The number of benzene rings is 1. The summed E-state index contributed by atoms with van der Waals surface area (Å²) in [6.07, 6.45) is 0. The second-order valence-electron chi connectivity index (χ2n) is 3.93. The van der Waals surface area contributed by atoms with Gasteiger partial charge in [-0.1, -0.05) is 18.5 Å². The first-order valence-corrected chi connectivity index (χ1v) is 6.16. The van der Waals surface area contributed by atoms with Gasteiger partial charge < -0.3 is 14.8 Å². The van der Waals surface area contributed by atoms with Crippen LogP contribution < -0.4 is 10.1 Å². The topological polar surface area (TPSA) is 30.5 Å². The highest BCUT2D eigenvalue weighted by molar-refractivity contribution is 6.31. The minimum absolute atomic E-state index is 0.209. The summed E-state index contributed by atoms with van der Waals surface area (Å²) in [6.45, 7) is 6.15. The number of hydrogen-bond donors (Lipinski definition) is 1. The quantitative estimate of drug-likeness (QED) is 0.815. The van der Waals surface area contributed by atoms with E-state index < -0.39 is 0 Å². The van der Waals surface area contributed by atoms with Crippen LogP contribution in [0.25, 0.3) is 0 Å². The summed E-state index contributed by atoms with van der Waals surface area (Å²) in [5.41, 5.74) is 1.02. The zero-order valence-electron chi connectivity index (χ0n) is 10.6. The van der Waals surface area contributed by atoms with Gasteiger partial charge in [-0.15, -0.1) is 0 Å². The molecule has 0 aliphatic heterocycles. The van der Waals surface area contributed by atoms with Crippen LogP contribution in [-0.2, 0) is 4.74 Å². The molecule has 17 heavy (non-hydrogen) atoms. The van der Waals surface area contributed by atoms with Gasteiger partial charge in [-0.05, 0) is 37.2 Å². The van der Waals surface area contributed by atoms with Gasteiger partial charge in [-0.3, -0.25) is 0 Å². The standard InChI is InChI=1S/C13H20ClNO2/c1-4-15-11(8-16-3)9-17-12-5-6-13(14)10(2)7-12/h5-7,11,15H,4,8-9H2,1-3H3. The Morgan fingerprint density at radius 1 is 1.35 bits per heavy atom. The van der Waals surface area contributed by atoms with Crippen LogP contribution in [0.4, 0.5) is 0 Å². The van der Waals surface area contributed by atoms with Crippen molar-refractivity contribution in [3.05, 3.63) is 28.8 Å². The number of ether oxygens (including phenoxy) is 2. The van der Waals surface area contributed by atoms with Gasteiger partial charge in [0.05, 0.1) is 12.6 Å². The zero-order chi connectivity index (χ0) is 12.7. The van der Waals surface area contributed by atoms with Gasteiger partial charge in [0.2, 0.25) is 0 Å². The molecule has 0 saturated heterocycles. The van der Waals surface area contributed by atoms with Crippen LogP contribution >= 0.6 is 11.6 Å². The van der Waals surface area contributed by atoms with Gasteiger partial charge in [-0.25, -0.2) is 0 Å². The number of hydrogen-bond acceptors (Lipinski definition) is 3. The summed E-state index contributed by atoms with van der Waals surface area (Å²) in [5.74, 6) is 0.839. The zero-order valence-corrected chi connectivity index (χ0v) is 11.4. The van der Waals surface area contributed by atoms with Crippen molar-refractivity contribution >= 4 is 11.6 Å². The monoisotopic (exact) mass is 257 g/mol. The Labute approximate surface area is 108 Å². The molecule has 4 heteroatoms. The predicted octanol–water partition coefficient (Wildman–Crippen LogP) is 2.65. The average molecular weight is 258 g/mol. The lowest BCUT2D eigenvalue weighted by Crippen LogP contribution is -2.38. The van der Waals surface area contributed by atoms with Crippen molar-refractivity contribution in [1.82, 2.24) is 5.32 Å². The third kappa shape index (κ3) is 4.94. The van der Waals surface area contributed by atoms with Crippen molar-refractivity contribution < 1.29 is 9.47 Å². The molecule has 1 rings (SSSR count). The molecule has 0 spiro atoms. The fraction of sp³-hybridized carbons (Fsp3) is 0.538. The molecule has 0 aliphatic carbocycles. The summed E-state index contributed by atoms with van der Waals surface area (Å²) in [7, 11) is 1.69. The molecule has 3 nitrogen and oxygen atoms in total. The fourth-order valence-corrected chi connectivity index (χ4v) is 1.68. The molecule has 1 atom stereocenters. The van der Waals surface area contributed by atoms with Crippen molar-refractivity contribution in [3.8, 4) is 5.75 Å². The molecule has 0 bridgehead atoms. The number of likely N-dealkylation sites (N-methyl/N-ethyl adjacent to an activating group) is 1. The first-order chi connectivity index (χ1) is 8.17. The van der Waals surface area contributed by atoms with E-state index in [4.69, 9.17) is 21.1 Å². The third-order valence-electron chi connectivity index (χ3n) is 2.44. The van der Waals surface area contributed by atoms with Crippen LogP contribution in [0.2, 0.25) is 5.02 Å². The molecule has 1 unspecified atom stereocenters. The summed E-state index contributed by atoms with van der Waals surface area (Å²) in [4.78, 5) is 0. The van der Waals surface area contributed by atoms with Crippen LogP contribution in [0.5, 0.6) is 5.75 Å². The van der Waals surface area contributed by atoms with Crippen molar-refractivity contribution in [1.29, 1.82) is 0 Å². The van der Waals surface area contributed by atoms with Gasteiger partial charge >= 0.3 is 0 Å². The summed E-state index contributed by atoms with van der Waals surface area (Å²) in [5, 5.41) is 4.07. The molecule has 1 aromatic rings. The smallest absolute Gasteiger partial charge is 0.119 e. The Balaban J connectivity index is 2.49. The van der Waals surface area contributed by atoms with E-state index in [2.05, 4.69) is 12.2 Å². The first kappa shape index (κ1) is 14.3. The number of methoxy groups -OCH3 is 1. The third-order valence-corrected chi connectivity index (χ3v) is 2.87. The molecule has 96 valence electrons. The molecule has 0 fully saturated rings. The molecule has 1 aromatic carbocycles. The highest BCUT2D eigenvalue weighted by atomic mass is 35.5. The number of rotatable bonds is 7. The van der Waals surface area contributed by atoms with Crippen LogP contribution in [0.1, 0.15) is 12.5 Å². The van der Waals surface area contributed by atoms with Crippen LogP contribution in [0, 0.1) is 6.92 Å². The molecule has 0 aliphatic rings. The molecule has 0 amide bonds.